The Labute approximate surface area is 173 Å². The zero-order valence-electron chi connectivity index (χ0n) is 16.4. The summed E-state index contributed by atoms with van der Waals surface area (Å²) >= 11 is 0. The van der Waals surface area contributed by atoms with Gasteiger partial charge in [-0.3, -0.25) is 9.59 Å². The molecule has 0 bridgehead atoms. The number of rotatable bonds is 6. The van der Waals surface area contributed by atoms with Gasteiger partial charge >= 0.3 is 0 Å². The van der Waals surface area contributed by atoms with E-state index in [-0.39, 0.29) is 11.8 Å². The maximum atomic E-state index is 11.9. The van der Waals surface area contributed by atoms with Crippen molar-refractivity contribution >= 4 is 28.5 Å². The van der Waals surface area contributed by atoms with Crippen molar-refractivity contribution in [3.8, 4) is 17.1 Å². The van der Waals surface area contributed by atoms with Gasteiger partial charge in [-0.2, -0.15) is 0 Å². The van der Waals surface area contributed by atoms with Gasteiger partial charge in [-0.1, -0.05) is 12.1 Å². The lowest BCUT2D eigenvalue weighted by Gasteiger charge is -2.17. The zero-order chi connectivity index (χ0) is 20.8. The first-order valence-electron chi connectivity index (χ1n) is 10.1. The lowest BCUT2D eigenvalue weighted by molar-refractivity contribution is -0.119. The monoisotopic (exact) mass is 405 g/mol. The van der Waals surface area contributed by atoms with Crippen LogP contribution < -0.4 is 21.5 Å². The highest BCUT2D eigenvalue weighted by molar-refractivity contribution is 5.95. The number of aryl methyl sites for hydroxylation is 1. The Morgan fingerprint density at radius 1 is 1.20 bits per heavy atom. The number of aromatic nitrogens is 2. The van der Waals surface area contributed by atoms with Gasteiger partial charge in [0.1, 0.15) is 23.1 Å². The van der Waals surface area contributed by atoms with E-state index in [1.807, 2.05) is 18.2 Å². The van der Waals surface area contributed by atoms with Gasteiger partial charge in [0, 0.05) is 29.4 Å². The summed E-state index contributed by atoms with van der Waals surface area (Å²) in [5.41, 5.74) is 14.7. The average molecular weight is 405 g/mol. The normalized spacial score (nSPS) is 16.5. The molecule has 1 saturated carbocycles. The molecule has 2 aliphatic rings. The molecule has 0 saturated heterocycles. The second-order valence-corrected chi connectivity index (χ2v) is 7.94. The smallest absolute Gasteiger partial charge is 0.248 e. The molecule has 1 fully saturated rings. The molecule has 8 heteroatoms. The minimum Gasteiger partial charge on any atom is -0.491 e. The number of carbonyl (C=O) groups is 2. The quantitative estimate of drug-likeness (QED) is 0.580. The van der Waals surface area contributed by atoms with Crippen LogP contribution in [0.5, 0.6) is 5.75 Å². The van der Waals surface area contributed by atoms with Gasteiger partial charge in [-0.25, -0.2) is 4.98 Å². The Balaban J connectivity index is 1.62. The maximum absolute atomic E-state index is 11.9. The van der Waals surface area contributed by atoms with E-state index >= 15 is 0 Å². The highest BCUT2D eigenvalue weighted by Crippen LogP contribution is 2.38. The topological polar surface area (TPSA) is 125 Å². The van der Waals surface area contributed by atoms with Gasteiger partial charge in [0.15, 0.2) is 0 Å². The lowest BCUT2D eigenvalue weighted by Crippen LogP contribution is -2.37. The molecule has 2 aromatic carbocycles. The molecule has 2 amide bonds. The van der Waals surface area contributed by atoms with Gasteiger partial charge in [-0.05, 0) is 43.4 Å². The molecular formula is C22H23N5O3. The minimum absolute atomic E-state index is 0.280. The van der Waals surface area contributed by atoms with Crippen molar-refractivity contribution in [1.29, 1.82) is 0 Å². The van der Waals surface area contributed by atoms with Crippen LogP contribution in [-0.2, 0) is 11.3 Å². The van der Waals surface area contributed by atoms with Crippen LogP contribution in [-0.4, -0.2) is 34.0 Å². The molecule has 0 spiro atoms. The van der Waals surface area contributed by atoms with E-state index in [4.69, 9.17) is 21.2 Å². The van der Waals surface area contributed by atoms with E-state index < -0.39 is 11.9 Å². The van der Waals surface area contributed by atoms with Crippen molar-refractivity contribution < 1.29 is 14.3 Å². The summed E-state index contributed by atoms with van der Waals surface area (Å²) in [6, 6.07) is 10.6. The summed E-state index contributed by atoms with van der Waals surface area (Å²) in [4.78, 5) is 28.3. The highest BCUT2D eigenvalue weighted by Gasteiger charge is 2.35. The molecule has 0 radical (unpaired) electrons. The van der Waals surface area contributed by atoms with Crippen molar-refractivity contribution in [2.45, 2.75) is 31.8 Å². The largest absolute Gasteiger partial charge is 0.491 e. The number of hydrogen-bond acceptors (Lipinski definition) is 5. The first-order valence-corrected chi connectivity index (χ1v) is 10.1. The molecule has 5 N–H and O–H groups in total. The van der Waals surface area contributed by atoms with Crippen molar-refractivity contribution in [2.24, 2.45) is 17.4 Å². The fourth-order valence-electron chi connectivity index (χ4n) is 4.11. The van der Waals surface area contributed by atoms with E-state index in [9.17, 15) is 9.59 Å². The van der Waals surface area contributed by atoms with Crippen LogP contribution in [0.15, 0.2) is 36.4 Å². The fourth-order valence-corrected chi connectivity index (χ4v) is 4.11. The Morgan fingerprint density at radius 2 is 2.03 bits per heavy atom. The van der Waals surface area contributed by atoms with Crippen LogP contribution >= 0.6 is 0 Å². The van der Waals surface area contributed by atoms with Crippen molar-refractivity contribution in [1.82, 2.24) is 9.55 Å². The molecule has 5 rings (SSSR count). The third-order valence-electron chi connectivity index (χ3n) is 5.72. The number of anilines is 1. The molecular weight excluding hydrogens is 382 g/mol. The summed E-state index contributed by atoms with van der Waals surface area (Å²) in [6.45, 7) is 1.33. The van der Waals surface area contributed by atoms with E-state index in [0.717, 1.165) is 59.7 Å². The van der Waals surface area contributed by atoms with Gasteiger partial charge in [0.2, 0.25) is 11.8 Å². The first kappa shape index (κ1) is 18.5. The number of nitrogens with one attached hydrogen (secondary N) is 1. The van der Waals surface area contributed by atoms with E-state index in [0.29, 0.717) is 12.2 Å². The number of ether oxygens (including phenoxy) is 1. The molecule has 30 heavy (non-hydrogen) atoms. The first-order chi connectivity index (χ1) is 14.5. The number of amides is 2. The van der Waals surface area contributed by atoms with Crippen LogP contribution in [0.3, 0.4) is 0 Å². The average Bonchev–Trinajstić information content (AvgIpc) is 3.52. The van der Waals surface area contributed by atoms with Gasteiger partial charge in [-0.15, -0.1) is 0 Å². The summed E-state index contributed by atoms with van der Waals surface area (Å²) in [7, 11) is 0. The zero-order valence-corrected chi connectivity index (χ0v) is 16.4. The number of nitrogens with two attached hydrogens (primary N) is 2. The van der Waals surface area contributed by atoms with Crippen LogP contribution in [0.2, 0.25) is 0 Å². The van der Waals surface area contributed by atoms with E-state index in [1.165, 1.54) is 0 Å². The van der Waals surface area contributed by atoms with E-state index in [2.05, 4.69) is 9.88 Å². The van der Waals surface area contributed by atoms with Gasteiger partial charge in [0.25, 0.3) is 0 Å². The molecule has 1 aliphatic carbocycles. The summed E-state index contributed by atoms with van der Waals surface area (Å²) in [5, 5.41) is 3.28. The Bertz CT molecular complexity index is 1170. The standard InChI is InChI=1S/C22H23N5O3/c23-20(28)13-3-1-4-14(9-13)22-26-16-10-15(25-18(21(24)29)12-5-6-12)11-17-19(16)27(22)7-2-8-30-17/h1,3-4,9-12,18,25H,2,5-8H2,(H2,23,28)(H2,24,29). The van der Waals surface area contributed by atoms with Crippen molar-refractivity contribution in [2.75, 3.05) is 11.9 Å². The minimum atomic E-state index is -0.475. The molecule has 2 heterocycles. The summed E-state index contributed by atoms with van der Waals surface area (Å²) < 4.78 is 8.12. The molecule has 1 unspecified atom stereocenters. The Kier molecular flexibility index (Phi) is 4.34. The predicted molar refractivity (Wildman–Crippen MR) is 113 cm³/mol. The maximum Gasteiger partial charge on any atom is 0.248 e. The SMILES string of the molecule is NC(=O)c1cccc(-c2nc3cc(NC(C(N)=O)C4CC4)cc4c3n2CCCO4)c1. The molecule has 1 aliphatic heterocycles. The molecule has 3 aromatic rings. The number of benzene rings is 2. The Morgan fingerprint density at radius 3 is 2.77 bits per heavy atom. The number of nitrogens with zero attached hydrogens (tertiary/aromatic N) is 2. The van der Waals surface area contributed by atoms with Crippen molar-refractivity contribution in [3.63, 3.8) is 0 Å². The Hall–Kier alpha value is -3.55. The van der Waals surface area contributed by atoms with Gasteiger partial charge < -0.3 is 26.1 Å². The second-order valence-electron chi connectivity index (χ2n) is 7.94. The third kappa shape index (κ3) is 3.24. The second kappa shape index (κ2) is 7.05. The lowest BCUT2D eigenvalue weighted by atomic mass is 10.1. The van der Waals surface area contributed by atoms with Crippen LogP contribution in [0.4, 0.5) is 5.69 Å². The van der Waals surface area contributed by atoms with Gasteiger partial charge in [0.05, 0.1) is 12.1 Å². The molecule has 1 atom stereocenters. The van der Waals surface area contributed by atoms with Crippen molar-refractivity contribution in [3.05, 3.63) is 42.0 Å². The fraction of sp³-hybridized carbons (Fsp3) is 0.318. The number of primary amides is 2. The van der Waals surface area contributed by atoms with Crippen LogP contribution in [0.25, 0.3) is 22.4 Å². The molecule has 1 aromatic heterocycles. The third-order valence-corrected chi connectivity index (χ3v) is 5.72. The number of imidazole rings is 1. The summed E-state index contributed by atoms with van der Waals surface area (Å²) in [6.07, 6.45) is 2.83. The molecule has 154 valence electrons. The van der Waals surface area contributed by atoms with Crippen LogP contribution in [0.1, 0.15) is 29.6 Å². The highest BCUT2D eigenvalue weighted by atomic mass is 16.5. The predicted octanol–water partition coefficient (Wildman–Crippen LogP) is 2.26. The summed E-state index contributed by atoms with van der Waals surface area (Å²) in [5.74, 6) is 0.931. The van der Waals surface area contributed by atoms with Crippen LogP contribution in [0, 0.1) is 5.92 Å². The van der Waals surface area contributed by atoms with E-state index in [1.54, 1.807) is 18.2 Å². The number of hydrogen-bond donors (Lipinski definition) is 3. The molecule has 8 nitrogen and oxygen atoms in total. The number of carbonyl (C=O) groups excluding carboxylic acids is 2.